The third-order valence-electron chi connectivity index (χ3n) is 5.93. The van der Waals surface area contributed by atoms with Gasteiger partial charge in [0.15, 0.2) is 6.61 Å². The monoisotopic (exact) mass is 536 g/mol. The van der Waals surface area contributed by atoms with Gasteiger partial charge < -0.3 is 15.0 Å². The molecule has 1 atom stereocenters. The topological polar surface area (TPSA) is 58.6 Å². The summed E-state index contributed by atoms with van der Waals surface area (Å²) in [5.41, 5.74) is 4.22. The molecule has 0 aliphatic heterocycles. The number of carbonyl (C=O) groups excluding carboxylic acids is 2. The first-order chi connectivity index (χ1) is 16.8. The molecule has 0 bridgehead atoms. The van der Waals surface area contributed by atoms with E-state index in [0.29, 0.717) is 24.6 Å². The van der Waals surface area contributed by atoms with E-state index >= 15 is 0 Å². The molecule has 0 saturated heterocycles. The minimum absolute atomic E-state index is 0.173. The minimum Gasteiger partial charge on any atom is -0.483 e. The molecule has 6 heteroatoms. The van der Waals surface area contributed by atoms with Crippen LogP contribution in [-0.4, -0.2) is 36.4 Å². The van der Waals surface area contributed by atoms with Crippen molar-refractivity contribution in [3.8, 4) is 5.75 Å². The van der Waals surface area contributed by atoms with Gasteiger partial charge in [-0.15, -0.1) is 0 Å². The van der Waals surface area contributed by atoms with Gasteiger partial charge in [-0.2, -0.15) is 0 Å². The van der Waals surface area contributed by atoms with Gasteiger partial charge in [-0.25, -0.2) is 0 Å². The molecule has 0 aliphatic carbocycles. The highest BCUT2D eigenvalue weighted by Crippen LogP contribution is 2.29. The Morgan fingerprint density at radius 3 is 2.31 bits per heavy atom. The fourth-order valence-corrected chi connectivity index (χ4v) is 4.45. The van der Waals surface area contributed by atoms with Crippen molar-refractivity contribution in [2.75, 3.05) is 13.7 Å². The number of hydrogen-bond donors (Lipinski definition) is 1. The number of benzene rings is 3. The molecule has 0 spiro atoms. The van der Waals surface area contributed by atoms with E-state index in [1.807, 2.05) is 79.7 Å². The van der Waals surface area contributed by atoms with Crippen molar-refractivity contribution in [3.63, 3.8) is 0 Å². The van der Waals surface area contributed by atoms with Crippen LogP contribution in [0.25, 0.3) is 0 Å². The van der Waals surface area contributed by atoms with Gasteiger partial charge in [0.25, 0.3) is 5.91 Å². The Kier molecular flexibility index (Phi) is 9.49. The van der Waals surface area contributed by atoms with Gasteiger partial charge in [-0.3, -0.25) is 9.59 Å². The summed E-state index contributed by atoms with van der Waals surface area (Å²) >= 11 is 3.56. The smallest absolute Gasteiger partial charge is 0.261 e. The first-order valence-electron chi connectivity index (χ1n) is 11.8. The van der Waals surface area contributed by atoms with Crippen LogP contribution in [0, 0.1) is 6.92 Å². The molecule has 0 radical (unpaired) electrons. The third kappa shape index (κ3) is 7.43. The highest BCUT2D eigenvalue weighted by molar-refractivity contribution is 9.10. The maximum atomic E-state index is 13.5. The molecule has 0 heterocycles. The summed E-state index contributed by atoms with van der Waals surface area (Å²) < 4.78 is 6.72. The van der Waals surface area contributed by atoms with Crippen molar-refractivity contribution in [2.45, 2.75) is 45.7 Å². The van der Waals surface area contributed by atoms with Gasteiger partial charge in [0.05, 0.1) is 4.47 Å². The highest BCUT2D eigenvalue weighted by atomic mass is 79.9. The fourth-order valence-electron chi connectivity index (χ4n) is 3.94. The molecule has 0 fully saturated rings. The maximum absolute atomic E-state index is 13.5. The Labute approximate surface area is 216 Å². The number of rotatable bonds is 10. The summed E-state index contributed by atoms with van der Waals surface area (Å²) in [6.45, 7) is 6.40. The van der Waals surface area contributed by atoms with Gasteiger partial charge in [0.1, 0.15) is 11.8 Å². The normalized spacial score (nSPS) is 11.7. The van der Waals surface area contributed by atoms with E-state index in [1.54, 1.807) is 11.9 Å². The Bertz CT molecular complexity index is 1150. The molecule has 0 saturated carbocycles. The first-order valence-corrected chi connectivity index (χ1v) is 12.6. The highest BCUT2D eigenvalue weighted by Gasteiger charge is 2.30. The number of halogens is 1. The summed E-state index contributed by atoms with van der Waals surface area (Å²) in [7, 11) is 1.60. The summed E-state index contributed by atoms with van der Waals surface area (Å²) in [6, 6.07) is 22.9. The summed E-state index contributed by atoms with van der Waals surface area (Å²) in [4.78, 5) is 28.2. The van der Waals surface area contributed by atoms with Gasteiger partial charge >= 0.3 is 0 Å². The van der Waals surface area contributed by atoms with Crippen LogP contribution in [0.1, 0.15) is 42.0 Å². The lowest BCUT2D eigenvalue weighted by atomic mass is 10.0. The maximum Gasteiger partial charge on any atom is 0.261 e. The molecule has 3 aromatic carbocycles. The third-order valence-corrected chi connectivity index (χ3v) is 6.55. The fraction of sp³-hybridized carbons (Fsp3) is 0.310. The zero-order chi connectivity index (χ0) is 25.4. The van der Waals surface area contributed by atoms with E-state index in [4.69, 9.17) is 4.74 Å². The van der Waals surface area contributed by atoms with E-state index < -0.39 is 6.04 Å². The standard InChI is InChI=1S/C29H33BrN2O3/c1-20(2)24-13-14-27(25(30)17-24)35-19-28(33)32(18-23-12-8-9-21(3)15-23)26(29(34)31-4)16-22-10-6-5-7-11-22/h5-15,17,20,26H,16,18-19H2,1-4H3,(H,31,34)/t26-/m1/s1. The Balaban J connectivity index is 1.87. The largest absolute Gasteiger partial charge is 0.483 e. The molecule has 5 nitrogen and oxygen atoms in total. The average molecular weight is 537 g/mol. The van der Waals surface area contributed by atoms with Gasteiger partial charge in [-0.05, 0) is 57.6 Å². The molecule has 3 aromatic rings. The molecule has 0 unspecified atom stereocenters. The quantitative estimate of drug-likeness (QED) is 0.364. The van der Waals surface area contributed by atoms with E-state index in [9.17, 15) is 9.59 Å². The van der Waals surface area contributed by atoms with Crippen LogP contribution in [0.5, 0.6) is 5.75 Å². The van der Waals surface area contributed by atoms with Gasteiger partial charge in [0.2, 0.25) is 5.91 Å². The van der Waals surface area contributed by atoms with Crippen molar-refractivity contribution < 1.29 is 14.3 Å². The van der Waals surface area contributed by atoms with Crippen LogP contribution in [0.15, 0.2) is 77.3 Å². The first kappa shape index (κ1) is 26.5. The zero-order valence-corrected chi connectivity index (χ0v) is 22.3. The Hall–Kier alpha value is -3.12. The molecule has 0 aromatic heterocycles. The summed E-state index contributed by atoms with van der Waals surface area (Å²) in [5, 5.41) is 2.74. The Morgan fingerprint density at radius 1 is 0.971 bits per heavy atom. The second-order valence-corrected chi connectivity index (χ2v) is 9.82. The number of likely N-dealkylation sites (N-methyl/N-ethyl adjacent to an activating group) is 1. The van der Waals surface area contributed by atoms with Crippen LogP contribution in [0.4, 0.5) is 0 Å². The van der Waals surface area contributed by atoms with Crippen molar-refractivity contribution in [3.05, 3.63) is 99.5 Å². The van der Waals surface area contributed by atoms with Crippen LogP contribution in [0.2, 0.25) is 0 Å². The molecule has 3 rings (SSSR count). The molecule has 2 amide bonds. The second kappa shape index (κ2) is 12.5. The number of carbonyl (C=O) groups is 2. The number of hydrogen-bond acceptors (Lipinski definition) is 3. The van der Waals surface area contributed by atoms with Gasteiger partial charge in [-0.1, -0.05) is 80.1 Å². The number of nitrogens with zero attached hydrogens (tertiary/aromatic N) is 1. The average Bonchev–Trinajstić information content (AvgIpc) is 2.85. The van der Waals surface area contributed by atoms with Crippen LogP contribution < -0.4 is 10.1 Å². The molecular weight excluding hydrogens is 504 g/mol. The second-order valence-electron chi connectivity index (χ2n) is 8.96. The van der Waals surface area contributed by atoms with Crippen LogP contribution in [0.3, 0.4) is 0 Å². The van der Waals surface area contributed by atoms with E-state index in [0.717, 1.165) is 21.2 Å². The number of ether oxygens (including phenoxy) is 1. The lowest BCUT2D eigenvalue weighted by Gasteiger charge is -2.31. The lowest BCUT2D eigenvalue weighted by molar-refractivity contribution is -0.142. The summed E-state index contributed by atoms with van der Waals surface area (Å²) in [6.07, 6.45) is 0.408. The van der Waals surface area contributed by atoms with E-state index in [1.165, 1.54) is 5.56 Å². The van der Waals surface area contributed by atoms with Crippen LogP contribution in [-0.2, 0) is 22.6 Å². The summed E-state index contributed by atoms with van der Waals surface area (Å²) in [5.74, 6) is 0.518. The zero-order valence-electron chi connectivity index (χ0n) is 20.8. The predicted octanol–water partition coefficient (Wildman–Crippen LogP) is 5.65. The van der Waals surface area contributed by atoms with Crippen molar-refractivity contribution >= 4 is 27.7 Å². The number of aryl methyl sites for hydroxylation is 1. The molecule has 184 valence electrons. The van der Waals surface area contributed by atoms with Crippen molar-refractivity contribution in [1.82, 2.24) is 10.2 Å². The predicted molar refractivity (Wildman–Crippen MR) is 143 cm³/mol. The van der Waals surface area contributed by atoms with Crippen molar-refractivity contribution in [1.29, 1.82) is 0 Å². The number of nitrogens with one attached hydrogen (secondary N) is 1. The Morgan fingerprint density at radius 2 is 1.69 bits per heavy atom. The van der Waals surface area contributed by atoms with E-state index in [-0.39, 0.29) is 18.4 Å². The number of amides is 2. The molecule has 35 heavy (non-hydrogen) atoms. The molecule has 0 aliphatic rings. The van der Waals surface area contributed by atoms with Crippen LogP contribution >= 0.6 is 15.9 Å². The van der Waals surface area contributed by atoms with E-state index in [2.05, 4.69) is 35.1 Å². The van der Waals surface area contributed by atoms with Crippen molar-refractivity contribution in [2.24, 2.45) is 0 Å². The van der Waals surface area contributed by atoms with Gasteiger partial charge in [0, 0.05) is 20.0 Å². The lowest BCUT2D eigenvalue weighted by Crippen LogP contribution is -2.51. The molecule has 1 N–H and O–H groups in total. The SMILES string of the molecule is CNC(=O)[C@@H](Cc1ccccc1)N(Cc1cccc(C)c1)C(=O)COc1ccc(C(C)C)cc1Br. The molecular formula is C29H33BrN2O3. The minimum atomic E-state index is -0.675.